The van der Waals surface area contributed by atoms with Crippen LogP contribution in [0.15, 0.2) is 39.6 Å². The molecule has 0 fully saturated rings. The molecule has 1 aliphatic heterocycles. The summed E-state index contributed by atoms with van der Waals surface area (Å²) in [7, 11) is 0. The number of amides is 2. The van der Waals surface area contributed by atoms with Crippen molar-refractivity contribution < 1.29 is 19.1 Å². The zero-order valence-electron chi connectivity index (χ0n) is 9.22. The summed E-state index contributed by atoms with van der Waals surface area (Å²) in [5, 5.41) is 0. The van der Waals surface area contributed by atoms with Gasteiger partial charge in [0.25, 0.3) is 11.8 Å². The predicted octanol–water partition coefficient (Wildman–Crippen LogP) is -0.121. The van der Waals surface area contributed by atoms with E-state index in [2.05, 4.69) is 15.0 Å². The Kier molecular flexibility index (Phi) is 5.61. The van der Waals surface area contributed by atoms with Crippen LogP contribution in [0.2, 0.25) is 0 Å². The maximum absolute atomic E-state index is 11.1. The van der Waals surface area contributed by atoms with Gasteiger partial charge >= 0.3 is 0 Å². The van der Waals surface area contributed by atoms with Gasteiger partial charge in [-0.2, -0.15) is 0 Å². The smallest absolute Gasteiger partial charge is 0.288 e. The average molecular weight is 247 g/mol. The van der Waals surface area contributed by atoms with E-state index in [0.717, 1.165) is 18.5 Å². The monoisotopic (exact) mass is 247 g/mol. The Morgan fingerprint density at radius 1 is 1.00 bits per heavy atom. The van der Waals surface area contributed by atoms with Crippen LogP contribution >= 0.6 is 0 Å². The lowest BCUT2D eigenvalue weighted by molar-refractivity contribution is -0.113. The van der Waals surface area contributed by atoms with Crippen LogP contribution in [0.5, 0.6) is 0 Å². The summed E-state index contributed by atoms with van der Waals surface area (Å²) in [5.74, 6) is -2.04. The molecular formula is C11H9N3O4. The van der Waals surface area contributed by atoms with E-state index >= 15 is 0 Å². The maximum atomic E-state index is 11.1. The minimum atomic E-state index is -0.815. The topological polar surface area (TPSA) is 97.5 Å². The normalized spacial score (nSPS) is 17.4. The van der Waals surface area contributed by atoms with Gasteiger partial charge in [-0.15, -0.1) is 0 Å². The van der Waals surface area contributed by atoms with Crippen LogP contribution in [-0.2, 0) is 19.1 Å². The summed E-state index contributed by atoms with van der Waals surface area (Å²) < 4.78 is 4.91. The molecule has 1 rings (SSSR count). The van der Waals surface area contributed by atoms with Gasteiger partial charge in [-0.3, -0.25) is 19.4 Å². The minimum Gasteiger partial charge on any atom is -0.497 e. The van der Waals surface area contributed by atoms with Gasteiger partial charge in [-0.1, -0.05) is 0 Å². The van der Waals surface area contributed by atoms with Crippen molar-refractivity contribution in [1.29, 1.82) is 0 Å². The number of nitrogens with zero attached hydrogens (tertiary/aromatic N) is 3. The second-order valence-corrected chi connectivity index (χ2v) is 2.89. The molecule has 0 aromatic heterocycles. The number of rotatable bonds is 0. The molecule has 0 unspecified atom stereocenters. The summed E-state index contributed by atoms with van der Waals surface area (Å²) >= 11 is 0. The molecule has 92 valence electrons. The lowest BCUT2D eigenvalue weighted by Gasteiger charge is -1.91. The first kappa shape index (κ1) is 13.4. The summed E-state index contributed by atoms with van der Waals surface area (Å²) in [6.45, 7) is 0.189. The zero-order valence-corrected chi connectivity index (χ0v) is 9.22. The molecular weight excluding hydrogens is 238 g/mol. The fourth-order valence-corrected chi connectivity index (χ4v) is 0.793. The van der Waals surface area contributed by atoms with E-state index in [1.165, 1.54) is 18.5 Å². The molecule has 1 heterocycles. The molecule has 1 aliphatic rings. The van der Waals surface area contributed by atoms with Gasteiger partial charge in [0.15, 0.2) is 5.78 Å². The summed E-state index contributed by atoms with van der Waals surface area (Å²) in [6.07, 6.45) is 7.60. The van der Waals surface area contributed by atoms with Crippen molar-refractivity contribution in [3.63, 3.8) is 0 Å². The molecule has 18 heavy (non-hydrogen) atoms. The summed E-state index contributed by atoms with van der Waals surface area (Å²) in [6, 6.07) is 0. The van der Waals surface area contributed by atoms with Crippen molar-refractivity contribution in [2.75, 3.05) is 6.61 Å². The van der Waals surface area contributed by atoms with Crippen molar-refractivity contribution >= 4 is 36.2 Å². The largest absolute Gasteiger partial charge is 0.497 e. The average Bonchev–Trinajstić information content (AvgIpc) is 2.36. The molecule has 7 nitrogen and oxygen atoms in total. The SMILES string of the molecule is O=C1C=COCC=CN=CC(=O)N=CC(=O)N=C1. The van der Waals surface area contributed by atoms with Crippen molar-refractivity contribution in [1.82, 2.24) is 0 Å². The number of carbonyl (C=O) groups excluding carboxylic acids is 3. The van der Waals surface area contributed by atoms with Crippen LogP contribution in [0.4, 0.5) is 0 Å². The lowest BCUT2D eigenvalue weighted by atomic mass is 10.4. The highest BCUT2D eigenvalue weighted by Crippen LogP contribution is 1.84. The first-order valence-corrected chi connectivity index (χ1v) is 4.85. The minimum absolute atomic E-state index is 0.189. The third-order valence-corrected chi connectivity index (χ3v) is 1.52. The van der Waals surface area contributed by atoms with Crippen LogP contribution in [0.1, 0.15) is 0 Å². The molecule has 2 amide bonds. The summed E-state index contributed by atoms with van der Waals surface area (Å²) in [4.78, 5) is 43.3. The van der Waals surface area contributed by atoms with Crippen LogP contribution < -0.4 is 0 Å². The van der Waals surface area contributed by atoms with Gasteiger partial charge in [0.1, 0.15) is 6.61 Å². The Morgan fingerprint density at radius 3 is 2.56 bits per heavy atom. The molecule has 0 atom stereocenters. The van der Waals surface area contributed by atoms with Crippen LogP contribution in [-0.4, -0.2) is 42.8 Å². The van der Waals surface area contributed by atoms with Crippen molar-refractivity contribution in [3.05, 3.63) is 24.6 Å². The van der Waals surface area contributed by atoms with E-state index in [1.807, 2.05) is 0 Å². The van der Waals surface area contributed by atoms with Crippen molar-refractivity contribution in [2.24, 2.45) is 15.0 Å². The Bertz CT molecular complexity index is 487. The van der Waals surface area contributed by atoms with E-state index in [-0.39, 0.29) is 6.61 Å². The van der Waals surface area contributed by atoms with Gasteiger partial charge in [0, 0.05) is 12.3 Å². The Hall–Kier alpha value is -2.70. The Morgan fingerprint density at radius 2 is 1.72 bits per heavy atom. The van der Waals surface area contributed by atoms with Crippen LogP contribution in [0.3, 0.4) is 0 Å². The highest BCUT2D eigenvalue weighted by Gasteiger charge is 1.97. The first-order valence-electron chi connectivity index (χ1n) is 4.85. The Balaban J connectivity index is 2.81. The number of hydrogen-bond acceptors (Lipinski definition) is 5. The number of carbonyl (C=O) groups is 3. The van der Waals surface area contributed by atoms with Crippen LogP contribution in [0.25, 0.3) is 0 Å². The highest BCUT2D eigenvalue weighted by atomic mass is 16.5. The van der Waals surface area contributed by atoms with E-state index in [0.29, 0.717) is 6.21 Å². The standard InChI is InChI=1S/C11H9N3O4/c15-9-2-5-18-4-1-3-12-7-10(16)14-8-11(17)13-6-9/h1-3,5-8H,4H2. The molecule has 0 aromatic rings. The number of hydrogen-bond donors (Lipinski definition) is 0. The third-order valence-electron chi connectivity index (χ3n) is 1.52. The number of ether oxygens (including phenoxy) is 1. The molecule has 0 N–H and O–H groups in total. The van der Waals surface area contributed by atoms with Crippen molar-refractivity contribution in [2.45, 2.75) is 0 Å². The van der Waals surface area contributed by atoms with Gasteiger partial charge < -0.3 is 4.74 Å². The van der Waals surface area contributed by atoms with E-state index in [1.54, 1.807) is 0 Å². The van der Waals surface area contributed by atoms with Gasteiger partial charge in [-0.05, 0) is 6.08 Å². The molecule has 0 bridgehead atoms. The van der Waals surface area contributed by atoms with E-state index in [4.69, 9.17) is 4.74 Å². The molecule has 0 aliphatic carbocycles. The van der Waals surface area contributed by atoms with Gasteiger partial charge in [0.05, 0.1) is 24.9 Å². The van der Waals surface area contributed by atoms with Crippen molar-refractivity contribution in [3.8, 4) is 0 Å². The first-order chi connectivity index (χ1) is 8.68. The maximum Gasteiger partial charge on any atom is 0.288 e. The van der Waals surface area contributed by atoms with E-state index in [9.17, 15) is 14.4 Å². The number of aliphatic imine (C=N–C) groups is 3. The number of allylic oxidation sites excluding steroid dienone is 1. The fourth-order valence-electron chi connectivity index (χ4n) is 0.793. The molecule has 0 spiro atoms. The second kappa shape index (κ2) is 7.55. The molecule has 0 aromatic carbocycles. The predicted molar refractivity (Wildman–Crippen MR) is 64.7 cm³/mol. The molecule has 0 saturated carbocycles. The quantitative estimate of drug-likeness (QED) is 0.595. The van der Waals surface area contributed by atoms with Gasteiger partial charge in [-0.25, -0.2) is 9.98 Å². The van der Waals surface area contributed by atoms with Gasteiger partial charge in [0.2, 0.25) is 0 Å². The third kappa shape index (κ3) is 6.01. The Labute approximate surface area is 102 Å². The molecule has 0 radical (unpaired) electrons. The fraction of sp³-hybridized carbons (Fsp3) is 0.0909. The second-order valence-electron chi connectivity index (χ2n) is 2.89. The zero-order chi connectivity index (χ0) is 13.2. The lowest BCUT2D eigenvalue weighted by Crippen LogP contribution is -2.03. The number of ketones is 1. The molecule has 0 saturated heterocycles. The molecule has 7 heteroatoms. The summed E-state index contributed by atoms with van der Waals surface area (Å²) in [5.41, 5.74) is 0. The van der Waals surface area contributed by atoms with Crippen LogP contribution in [0, 0.1) is 0 Å². The van der Waals surface area contributed by atoms with E-state index < -0.39 is 17.6 Å². The highest BCUT2D eigenvalue weighted by molar-refractivity contribution is 6.40.